The number of rotatable bonds is 0. The van der Waals surface area contributed by atoms with E-state index in [-0.39, 0.29) is 0 Å². The fourth-order valence-electron chi connectivity index (χ4n) is 4.38. The zero-order valence-electron chi connectivity index (χ0n) is 16.9. The molecule has 0 bridgehead atoms. The SMILES string of the molecule is c1ccc2c(c1)ccc1c2ccc2[nH]cnc21.c1ccc2cc3ccccc3cc2c1. The molecule has 7 aromatic rings. The Labute approximate surface area is 179 Å². The van der Waals surface area contributed by atoms with Crippen molar-refractivity contribution in [2.24, 2.45) is 0 Å². The van der Waals surface area contributed by atoms with Crippen LogP contribution < -0.4 is 0 Å². The van der Waals surface area contributed by atoms with E-state index in [4.69, 9.17) is 0 Å². The van der Waals surface area contributed by atoms with Crippen LogP contribution in [-0.4, -0.2) is 9.97 Å². The lowest BCUT2D eigenvalue weighted by Gasteiger charge is -2.03. The number of fused-ring (bicyclic) bond motifs is 7. The number of nitrogens with zero attached hydrogens (tertiary/aromatic N) is 1. The Morgan fingerprint density at radius 3 is 1.65 bits per heavy atom. The summed E-state index contributed by atoms with van der Waals surface area (Å²) >= 11 is 0. The second-order valence-corrected chi connectivity index (χ2v) is 7.79. The first-order chi connectivity index (χ1) is 15.4. The fourth-order valence-corrected chi connectivity index (χ4v) is 4.38. The predicted octanol–water partition coefficient (Wildman–Crippen LogP) is 7.86. The molecule has 0 spiro atoms. The zero-order valence-corrected chi connectivity index (χ0v) is 16.9. The molecule has 0 amide bonds. The normalized spacial score (nSPS) is 11.2. The van der Waals surface area contributed by atoms with Crippen molar-refractivity contribution in [2.45, 2.75) is 0 Å². The minimum atomic E-state index is 1.05. The van der Waals surface area contributed by atoms with E-state index in [2.05, 4.69) is 119 Å². The van der Waals surface area contributed by atoms with Gasteiger partial charge in [-0.25, -0.2) is 4.98 Å². The van der Waals surface area contributed by atoms with Crippen molar-refractivity contribution in [1.29, 1.82) is 0 Å². The number of benzene rings is 6. The molecule has 1 aromatic heterocycles. The van der Waals surface area contributed by atoms with Crippen LogP contribution in [0.4, 0.5) is 0 Å². The molecule has 31 heavy (non-hydrogen) atoms. The molecule has 0 aliphatic heterocycles. The van der Waals surface area contributed by atoms with Gasteiger partial charge in [0.2, 0.25) is 0 Å². The van der Waals surface area contributed by atoms with Gasteiger partial charge < -0.3 is 4.98 Å². The maximum absolute atomic E-state index is 4.40. The number of hydrogen-bond acceptors (Lipinski definition) is 1. The first-order valence-electron chi connectivity index (χ1n) is 10.5. The highest BCUT2D eigenvalue weighted by Crippen LogP contribution is 2.29. The van der Waals surface area contributed by atoms with Crippen LogP contribution >= 0.6 is 0 Å². The Bertz CT molecular complexity index is 1590. The summed E-state index contributed by atoms with van der Waals surface area (Å²) in [6.45, 7) is 0. The third-order valence-electron chi connectivity index (χ3n) is 5.93. The smallest absolute Gasteiger partial charge is 0.0961 e. The van der Waals surface area contributed by atoms with Crippen molar-refractivity contribution < 1.29 is 0 Å². The minimum Gasteiger partial charge on any atom is -0.345 e. The summed E-state index contributed by atoms with van der Waals surface area (Å²) in [6, 6.07) is 38.4. The summed E-state index contributed by atoms with van der Waals surface area (Å²) in [6.07, 6.45) is 1.75. The lowest BCUT2D eigenvalue weighted by Crippen LogP contribution is -1.79. The van der Waals surface area contributed by atoms with Crippen molar-refractivity contribution in [2.75, 3.05) is 0 Å². The van der Waals surface area contributed by atoms with Gasteiger partial charge in [0, 0.05) is 5.39 Å². The lowest BCUT2D eigenvalue weighted by molar-refractivity contribution is 1.35. The maximum atomic E-state index is 4.40. The molecule has 146 valence electrons. The van der Waals surface area contributed by atoms with Crippen LogP contribution in [0.3, 0.4) is 0 Å². The molecule has 1 N–H and O–H groups in total. The van der Waals surface area contributed by atoms with E-state index in [1.54, 1.807) is 6.33 Å². The van der Waals surface area contributed by atoms with Crippen LogP contribution in [0.25, 0.3) is 54.1 Å². The van der Waals surface area contributed by atoms with E-state index in [9.17, 15) is 0 Å². The molecule has 0 fully saturated rings. The van der Waals surface area contributed by atoms with Gasteiger partial charge in [-0.1, -0.05) is 91.0 Å². The number of H-pyrrole nitrogens is 1. The van der Waals surface area contributed by atoms with Gasteiger partial charge in [-0.15, -0.1) is 0 Å². The van der Waals surface area contributed by atoms with Gasteiger partial charge in [0.15, 0.2) is 0 Å². The molecular formula is C29H20N2. The second kappa shape index (κ2) is 7.26. The van der Waals surface area contributed by atoms with Crippen LogP contribution in [0, 0.1) is 0 Å². The van der Waals surface area contributed by atoms with Gasteiger partial charge in [-0.05, 0) is 55.9 Å². The first-order valence-corrected chi connectivity index (χ1v) is 10.5. The molecule has 0 radical (unpaired) electrons. The highest BCUT2D eigenvalue weighted by molar-refractivity contribution is 6.15. The van der Waals surface area contributed by atoms with E-state index in [0.717, 1.165) is 11.0 Å². The molecule has 0 saturated heterocycles. The van der Waals surface area contributed by atoms with Crippen LogP contribution in [-0.2, 0) is 0 Å². The topological polar surface area (TPSA) is 28.7 Å². The molecule has 2 nitrogen and oxygen atoms in total. The van der Waals surface area contributed by atoms with Crippen LogP contribution in [0.1, 0.15) is 0 Å². The van der Waals surface area contributed by atoms with Crippen LogP contribution in [0.15, 0.2) is 116 Å². The monoisotopic (exact) mass is 396 g/mol. The molecule has 6 aromatic carbocycles. The maximum Gasteiger partial charge on any atom is 0.0961 e. The number of aromatic amines is 1. The number of aromatic nitrogens is 2. The highest BCUT2D eigenvalue weighted by atomic mass is 14.9. The quantitative estimate of drug-likeness (QED) is 0.205. The third kappa shape index (κ3) is 3.10. The molecule has 0 aliphatic carbocycles. The largest absolute Gasteiger partial charge is 0.345 e. The molecule has 7 rings (SSSR count). The van der Waals surface area contributed by atoms with Gasteiger partial charge in [-0.3, -0.25) is 0 Å². The molecule has 0 atom stereocenters. The summed E-state index contributed by atoms with van der Waals surface area (Å²) in [5.74, 6) is 0. The minimum absolute atomic E-state index is 1.05. The van der Waals surface area contributed by atoms with Gasteiger partial charge in [0.1, 0.15) is 0 Å². The van der Waals surface area contributed by atoms with Crippen LogP contribution in [0.5, 0.6) is 0 Å². The standard InChI is InChI=1S/C15H10N2.C14H10/c1-2-4-11-10(3-1)5-6-13-12(11)7-8-14-15(13)17-9-16-14;1-2-6-12-10-14-8-4-3-7-13(14)9-11(12)5-1/h1-9H,(H,16,17);1-10H. The number of hydrogen-bond donors (Lipinski definition) is 1. The van der Waals surface area contributed by atoms with Crippen molar-refractivity contribution in [3.63, 3.8) is 0 Å². The first kappa shape index (κ1) is 17.7. The average Bonchev–Trinajstić information content (AvgIpc) is 3.32. The summed E-state index contributed by atoms with van der Waals surface area (Å²) < 4.78 is 0. The summed E-state index contributed by atoms with van der Waals surface area (Å²) in [5, 5.41) is 10.3. The molecule has 0 unspecified atom stereocenters. The van der Waals surface area contributed by atoms with E-state index in [1.165, 1.54) is 43.1 Å². The van der Waals surface area contributed by atoms with Crippen molar-refractivity contribution in [3.8, 4) is 0 Å². The third-order valence-corrected chi connectivity index (χ3v) is 5.93. The van der Waals surface area contributed by atoms with Crippen LogP contribution in [0.2, 0.25) is 0 Å². The Morgan fingerprint density at radius 2 is 1.00 bits per heavy atom. The van der Waals surface area contributed by atoms with E-state index in [1.807, 2.05) is 0 Å². The summed E-state index contributed by atoms with van der Waals surface area (Å²) in [5.41, 5.74) is 2.14. The zero-order chi connectivity index (χ0) is 20.6. The number of nitrogens with one attached hydrogen (secondary N) is 1. The second-order valence-electron chi connectivity index (χ2n) is 7.79. The van der Waals surface area contributed by atoms with Crippen molar-refractivity contribution >= 4 is 54.1 Å². The Morgan fingerprint density at radius 1 is 0.452 bits per heavy atom. The summed E-state index contributed by atoms with van der Waals surface area (Å²) in [4.78, 5) is 7.55. The molecular weight excluding hydrogens is 376 g/mol. The van der Waals surface area contributed by atoms with E-state index >= 15 is 0 Å². The van der Waals surface area contributed by atoms with E-state index in [0.29, 0.717) is 0 Å². The molecule has 1 heterocycles. The van der Waals surface area contributed by atoms with Crippen molar-refractivity contribution in [3.05, 3.63) is 116 Å². The molecule has 2 heteroatoms. The lowest BCUT2D eigenvalue weighted by atomic mass is 10.0. The van der Waals surface area contributed by atoms with Gasteiger partial charge >= 0.3 is 0 Å². The summed E-state index contributed by atoms with van der Waals surface area (Å²) in [7, 11) is 0. The van der Waals surface area contributed by atoms with Gasteiger partial charge in [0.25, 0.3) is 0 Å². The fraction of sp³-hybridized carbons (Fsp3) is 0. The predicted molar refractivity (Wildman–Crippen MR) is 133 cm³/mol. The Balaban J connectivity index is 0.000000122. The molecule has 0 saturated carbocycles. The van der Waals surface area contributed by atoms with Gasteiger partial charge in [-0.2, -0.15) is 0 Å². The van der Waals surface area contributed by atoms with E-state index < -0.39 is 0 Å². The molecule has 0 aliphatic rings. The van der Waals surface area contributed by atoms with Gasteiger partial charge in [0.05, 0.1) is 17.4 Å². The Kier molecular flexibility index (Phi) is 4.14. The van der Waals surface area contributed by atoms with Crippen molar-refractivity contribution in [1.82, 2.24) is 9.97 Å². The number of imidazole rings is 1. The highest BCUT2D eigenvalue weighted by Gasteiger charge is 2.05. The average molecular weight is 396 g/mol. The Hall–Kier alpha value is -4.17.